The van der Waals surface area contributed by atoms with Gasteiger partial charge in [-0.05, 0) is 99.1 Å². The van der Waals surface area contributed by atoms with Gasteiger partial charge in [-0.1, -0.05) is 182 Å². The Balaban J connectivity index is 1.04. The van der Waals surface area contributed by atoms with Gasteiger partial charge in [0.1, 0.15) is 22.3 Å². The average molecular weight is 806 g/mol. The molecule has 0 radical (unpaired) electrons. The predicted octanol–water partition coefficient (Wildman–Crippen LogP) is 17.3. The SMILES string of the molecule is c1ccc(-c2ccccc2-c2c(-c3ccccc3)cccc2N(c2ccc(-c3ccc4c(c3)oc3ccccc34)cc2)c2ccc(-c3cccc4c3oc3ccccc34)cc2)cc1. The number of furan rings is 2. The first-order chi connectivity index (χ1) is 31.2. The highest BCUT2D eigenvalue weighted by atomic mass is 16.3. The summed E-state index contributed by atoms with van der Waals surface area (Å²) < 4.78 is 12.8. The van der Waals surface area contributed by atoms with Crippen LogP contribution >= 0.6 is 0 Å². The van der Waals surface area contributed by atoms with Crippen molar-refractivity contribution >= 4 is 60.9 Å². The molecular formula is C60H39NO2. The first-order valence-corrected chi connectivity index (χ1v) is 21.4. The Morgan fingerprint density at radius 1 is 0.270 bits per heavy atom. The topological polar surface area (TPSA) is 29.5 Å². The quantitative estimate of drug-likeness (QED) is 0.153. The van der Waals surface area contributed by atoms with E-state index in [1.54, 1.807) is 0 Å². The molecule has 296 valence electrons. The largest absolute Gasteiger partial charge is 0.456 e. The number of nitrogens with zero attached hydrogens (tertiary/aromatic N) is 1. The number of benzene rings is 10. The molecule has 0 aliphatic carbocycles. The van der Waals surface area contributed by atoms with E-state index in [2.05, 4.69) is 217 Å². The molecule has 0 saturated heterocycles. The number of para-hydroxylation sites is 3. The van der Waals surface area contributed by atoms with Crippen molar-refractivity contribution in [3.8, 4) is 55.6 Å². The van der Waals surface area contributed by atoms with Crippen molar-refractivity contribution in [2.75, 3.05) is 4.90 Å². The van der Waals surface area contributed by atoms with Gasteiger partial charge in [0.05, 0.1) is 5.69 Å². The molecule has 0 bridgehead atoms. The molecule has 0 fully saturated rings. The number of hydrogen-bond donors (Lipinski definition) is 0. The van der Waals surface area contributed by atoms with Crippen molar-refractivity contribution in [2.24, 2.45) is 0 Å². The maximum absolute atomic E-state index is 6.49. The Labute approximate surface area is 365 Å². The number of fused-ring (bicyclic) bond motifs is 6. The van der Waals surface area contributed by atoms with Gasteiger partial charge in [-0.25, -0.2) is 0 Å². The molecule has 0 spiro atoms. The molecule has 0 aliphatic rings. The van der Waals surface area contributed by atoms with E-state index in [0.29, 0.717) is 0 Å². The molecule has 63 heavy (non-hydrogen) atoms. The molecule has 12 rings (SSSR count). The summed E-state index contributed by atoms with van der Waals surface area (Å²) in [4.78, 5) is 2.40. The minimum absolute atomic E-state index is 0.886. The second-order valence-corrected chi connectivity index (χ2v) is 16.0. The van der Waals surface area contributed by atoms with Gasteiger partial charge in [-0.2, -0.15) is 0 Å². The summed E-state index contributed by atoms with van der Waals surface area (Å²) in [6.07, 6.45) is 0. The zero-order valence-corrected chi connectivity index (χ0v) is 34.3. The van der Waals surface area contributed by atoms with Gasteiger partial charge >= 0.3 is 0 Å². The van der Waals surface area contributed by atoms with E-state index >= 15 is 0 Å². The van der Waals surface area contributed by atoms with Crippen LogP contribution < -0.4 is 4.90 Å². The van der Waals surface area contributed by atoms with Crippen LogP contribution in [0.15, 0.2) is 245 Å². The third kappa shape index (κ3) is 6.38. The minimum atomic E-state index is 0.886. The van der Waals surface area contributed by atoms with Gasteiger partial charge in [0.25, 0.3) is 0 Å². The van der Waals surface area contributed by atoms with Gasteiger partial charge in [0.15, 0.2) is 0 Å². The number of hydrogen-bond acceptors (Lipinski definition) is 3. The summed E-state index contributed by atoms with van der Waals surface area (Å²) in [5.41, 5.74) is 18.1. The van der Waals surface area contributed by atoms with Gasteiger partial charge < -0.3 is 13.7 Å². The number of rotatable bonds is 8. The molecule has 2 aromatic heterocycles. The fourth-order valence-electron chi connectivity index (χ4n) is 9.34. The molecule has 0 saturated carbocycles. The zero-order chi connectivity index (χ0) is 41.7. The molecule has 10 aromatic carbocycles. The first kappa shape index (κ1) is 36.5. The lowest BCUT2D eigenvalue weighted by Crippen LogP contribution is -2.12. The van der Waals surface area contributed by atoms with Crippen molar-refractivity contribution in [3.05, 3.63) is 237 Å². The Morgan fingerprint density at radius 2 is 0.746 bits per heavy atom. The van der Waals surface area contributed by atoms with Crippen LogP contribution in [0.2, 0.25) is 0 Å². The van der Waals surface area contributed by atoms with Gasteiger partial charge in [0, 0.05) is 44.0 Å². The fourth-order valence-corrected chi connectivity index (χ4v) is 9.34. The molecule has 0 unspecified atom stereocenters. The van der Waals surface area contributed by atoms with E-state index in [1.807, 2.05) is 24.3 Å². The van der Waals surface area contributed by atoms with Gasteiger partial charge in [-0.15, -0.1) is 0 Å². The van der Waals surface area contributed by atoms with E-state index in [4.69, 9.17) is 8.83 Å². The molecule has 3 nitrogen and oxygen atoms in total. The smallest absolute Gasteiger partial charge is 0.143 e. The van der Waals surface area contributed by atoms with Crippen molar-refractivity contribution in [1.29, 1.82) is 0 Å². The predicted molar refractivity (Wildman–Crippen MR) is 263 cm³/mol. The summed E-state index contributed by atoms with van der Waals surface area (Å²) in [7, 11) is 0. The molecule has 12 aromatic rings. The van der Waals surface area contributed by atoms with Gasteiger partial charge in [-0.3, -0.25) is 0 Å². The van der Waals surface area contributed by atoms with E-state index in [9.17, 15) is 0 Å². The Kier molecular flexibility index (Phi) is 8.83. The maximum atomic E-state index is 6.49. The van der Waals surface area contributed by atoms with Crippen molar-refractivity contribution < 1.29 is 8.83 Å². The van der Waals surface area contributed by atoms with E-state index in [1.165, 1.54) is 11.1 Å². The standard InChI is InChI=1S/C60H39NO2/c1-3-15-41(16-4-1)47-19-7-8-22-53(47)59-48(42-17-5-2-6-18-42)23-14-26-55(59)61(45-34-29-40(30-35-45)44-33-38-52-50-20-9-11-27-56(50)62-58(52)39-44)46-36-31-43(32-37-46)49-24-13-25-54-51-21-10-12-28-57(51)63-60(49)54/h1-39H. The van der Waals surface area contributed by atoms with E-state index in [0.717, 1.165) is 105 Å². The highest BCUT2D eigenvalue weighted by molar-refractivity contribution is 6.10. The average Bonchev–Trinajstić information content (AvgIpc) is 3.93. The molecule has 3 heteroatoms. The summed E-state index contributed by atoms with van der Waals surface area (Å²) in [5.74, 6) is 0. The van der Waals surface area contributed by atoms with Crippen LogP contribution in [0.1, 0.15) is 0 Å². The van der Waals surface area contributed by atoms with Crippen LogP contribution in [0.4, 0.5) is 17.1 Å². The summed E-state index contributed by atoms with van der Waals surface area (Å²) in [5, 5.41) is 4.50. The van der Waals surface area contributed by atoms with Gasteiger partial charge in [0.2, 0.25) is 0 Å². The number of anilines is 3. The van der Waals surface area contributed by atoms with Crippen LogP contribution in [-0.2, 0) is 0 Å². The van der Waals surface area contributed by atoms with Crippen molar-refractivity contribution in [2.45, 2.75) is 0 Å². The van der Waals surface area contributed by atoms with Crippen LogP contribution in [-0.4, -0.2) is 0 Å². The Hall–Kier alpha value is -8.40. The van der Waals surface area contributed by atoms with Crippen molar-refractivity contribution in [3.63, 3.8) is 0 Å². The highest BCUT2D eigenvalue weighted by Crippen LogP contribution is 2.48. The normalized spacial score (nSPS) is 11.5. The van der Waals surface area contributed by atoms with Crippen LogP contribution in [0, 0.1) is 0 Å². The second-order valence-electron chi connectivity index (χ2n) is 16.0. The molecule has 2 heterocycles. The highest BCUT2D eigenvalue weighted by Gasteiger charge is 2.23. The lowest BCUT2D eigenvalue weighted by Gasteiger charge is -2.30. The molecular weight excluding hydrogens is 767 g/mol. The molecule has 0 amide bonds. The summed E-state index contributed by atoms with van der Waals surface area (Å²) >= 11 is 0. The van der Waals surface area contributed by atoms with Crippen molar-refractivity contribution in [1.82, 2.24) is 0 Å². The third-order valence-electron chi connectivity index (χ3n) is 12.3. The Morgan fingerprint density at radius 3 is 1.46 bits per heavy atom. The molecule has 0 atom stereocenters. The van der Waals surface area contributed by atoms with Crippen LogP contribution in [0.3, 0.4) is 0 Å². The first-order valence-electron chi connectivity index (χ1n) is 21.4. The molecule has 0 N–H and O–H groups in total. The lowest BCUT2D eigenvalue weighted by atomic mass is 9.87. The summed E-state index contributed by atoms with van der Waals surface area (Å²) in [6, 6.07) is 84.2. The van der Waals surface area contributed by atoms with E-state index < -0.39 is 0 Å². The monoisotopic (exact) mass is 805 g/mol. The maximum Gasteiger partial charge on any atom is 0.143 e. The lowest BCUT2D eigenvalue weighted by molar-refractivity contribution is 0.669. The minimum Gasteiger partial charge on any atom is -0.456 e. The van der Waals surface area contributed by atoms with Crippen LogP contribution in [0.25, 0.3) is 99.5 Å². The Bertz CT molecular complexity index is 3600. The second kappa shape index (κ2) is 15.3. The summed E-state index contributed by atoms with van der Waals surface area (Å²) in [6.45, 7) is 0. The van der Waals surface area contributed by atoms with Crippen LogP contribution in [0.5, 0.6) is 0 Å². The fraction of sp³-hybridized carbons (Fsp3) is 0. The van der Waals surface area contributed by atoms with E-state index in [-0.39, 0.29) is 0 Å². The molecule has 0 aliphatic heterocycles. The third-order valence-corrected chi connectivity index (χ3v) is 12.3. The zero-order valence-electron chi connectivity index (χ0n) is 34.3.